The van der Waals surface area contributed by atoms with Crippen LogP contribution in [0.2, 0.25) is 0 Å². The van der Waals surface area contributed by atoms with Crippen molar-refractivity contribution >= 4 is 6.29 Å². The molecule has 0 N–H and O–H groups in total. The number of hydrogen-bond acceptors (Lipinski definition) is 2. The lowest BCUT2D eigenvalue weighted by Crippen LogP contribution is -2.45. The van der Waals surface area contributed by atoms with Crippen LogP contribution in [0.1, 0.15) is 49.8 Å². The molecule has 0 radical (unpaired) electrons. The molecule has 108 valence electrons. The van der Waals surface area contributed by atoms with Gasteiger partial charge < -0.3 is 4.79 Å². The summed E-state index contributed by atoms with van der Waals surface area (Å²) in [6.45, 7) is 0. The van der Waals surface area contributed by atoms with E-state index in [4.69, 9.17) is 0 Å². The number of carbonyl (C=O) groups is 1. The van der Waals surface area contributed by atoms with Crippen LogP contribution in [0.5, 0.6) is 0 Å². The number of halogens is 3. The molecule has 2 bridgehead atoms. The highest BCUT2D eigenvalue weighted by Crippen LogP contribution is 2.56. The molecule has 1 aromatic rings. The highest BCUT2D eigenvalue weighted by molar-refractivity contribution is 5.60. The number of alkyl halides is 3. The zero-order valence-electron chi connectivity index (χ0n) is 11.0. The lowest BCUT2D eigenvalue weighted by atomic mass is 9.53. The Morgan fingerprint density at radius 2 is 1.65 bits per heavy atom. The maximum Gasteiger partial charge on any atom is 0.417 e. The van der Waals surface area contributed by atoms with E-state index in [9.17, 15) is 18.0 Å². The fourth-order valence-electron chi connectivity index (χ4n) is 3.65. The molecule has 0 aromatic carbocycles. The monoisotopic (exact) mass is 283 g/mol. The molecule has 3 aliphatic rings. The number of nitrogens with zero attached hydrogens (tertiary/aromatic N) is 1. The molecule has 1 aromatic heterocycles. The first-order valence-corrected chi connectivity index (χ1v) is 6.89. The van der Waals surface area contributed by atoms with Gasteiger partial charge >= 0.3 is 6.18 Å². The summed E-state index contributed by atoms with van der Waals surface area (Å²) in [4.78, 5) is 15.3. The summed E-state index contributed by atoms with van der Waals surface area (Å²) in [5, 5.41) is 0. The second-order valence-electron chi connectivity index (χ2n) is 6.19. The van der Waals surface area contributed by atoms with Gasteiger partial charge in [0.2, 0.25) is 0 Å². The molecule has 3 fully saturated rings. The average Bonchev–Trinajstić information content (AvgIpc) is 2.48. The summed E-state index contributed by atoms with van der Waals surface area (Å²) in [5.41, 5.74) is -0.237. The van der Waals surface area contributed by atoms with Crippen molar-refractivity contribution in [3.05, 3.63) is 29.6 Å². The third kappa shape index (κ3) is 2.03. The van der Waals surface area contributed by atoms with Crippen LogP contribution in [-0.2, 0) is 16.4 Å². The van der Waals surface area contributed by atoms with Gasteiger partial charge in [-0.25, -0.2) is 0 Å². The number of aromatic nitrogens is 1. The summed E-state index contributed by atoms with van der Waals surface area (Å²) >= 11 is 0. The lowest BCUT2D eigenvalue weighted by molar-refractivity contribution is -0.138. The van der Waals surface area contributed by atoms with Crippen LogP contribution in [0.4, 0.5) is 13.2 Å². The number of fused-ring (bicyclic) bond motifs is 3. The first-order chi connectivity index (χ1) is 9.39. The summed E-state index contributed by atoms with van der Waals surface area (Å²) in [6.07, 6.45) is 2.72. The Morgan fingerprint density at radius 1 is 1.05 bits per heavy atom. The molecule has 4 rings (SSSR count). The van der Waals surface area contributed by atoms with Crippen LogP contribution >= 0.6 is 0 Å². The molecule has 2 nitrogen and oxygen atoms in total. The first kappa shape index (κ1) is 13.6. The largest absolute Gasteiger partial charge is 0.417 e. The van der Waals surface area contributed by atoms with Crippen molar-refractivity contribution in [2.45, 2.75) is 50.1 Å². The van der Waals surface area contributed by atoms with E-state index < -0.39 is 11.7 Å². The van der Waals surface area contributed by atoms with Gasteiger partial charge in [-0.15, -0.1) is 0 Å². The van der Waals surface area contributed by atoms with Gasteiger partial charge in [-0.3, -0.25) is 4.98 Å². The average molecular weight is 283 g/mol. The number of pyridine rings is 1. The van der Waals surface area contributed by atoms with Crippen molar-refractivity contribution in [1.29, 1.82) is 0 Å². The Bertz CT molecular complexity index is 496. The Morgan fingerprint density at radius 3 is 2.05 bits per heavy atom. The number of rotatable bonds is 2. The maximum atomic E-state index is 12.6. The van der Waals surface area contributed by atoms with Crippen LogP contribution in [0.15, 0.2) is 18.3 Å². The molecule has 1 heterocycles. The molecule has 5 heteroatoms. The quantitative estimate of drug-likeness (QED) is 0.771. The van der Waals surface area contributed by atoms with Gasteiger partial charge in [-0.1, -0.05) is 0 Å². The molecule has 3 saturated carbocycles. The minimum absolute atomic E-state index is 0.116. The van der Waals surface area contributed by atoms with E-state index in [0.29, 0.717) is 0 Å². The standard InChI is InChI=1S/C15H16F3NO/c16-15(17,18)11-1-2-12(19-9-11)14-6-3-13(10-20,4-7-14)5-8-14/h1-2,9-10H,3-8H2. The van der Waals surface area contributed by atoms with Crippen molar-refractivity contribution in [2.75, 3.05) is 0 Å². The number of hydrogen-bond donors (Lipinski definition) is 0. The fraction of sp³-hybridized carbons (Fsp3) is 0.600. The van der Waals surface area contributed by atoms with Gasteiger partial charge in [0.05, 0.1) is 5.56 Å². The van der Waals surface area contributed by atoms with E-state index in [-0.39, 0.29) is 10.8 Å². The van der Waals surface area contributed by atoms with Gasteiger partial charge in [0.15, 0.2) is 0 Å². The van der Waals surface area contributed by atoms with Crippen LogP contribution in [0, 0.1) is 5.41 Å². The summed E-state index contributed by atoms with van der Waals surface area (Å²) in [7, 11) is 0. The smallest absolute Gasteiger partial charge is 0.303 e. The lowest BCUT2D eigenvalue weighted by Gasteiger charge is -2.50. The zero-order chi connectivity index (χ0) is 14.4. The third-order valence-corrected chi connectivity index (χ3v) is 5.19. The molecule has 0 saturated heterocycles. The van der Waals surface area contributed by atoms with Crippen molar-refractivity contribution < 1.29 is 18.0 Å². The van der Waals surface area contributed by atoms with Crippen LogP contribution < -0.4 is 0 Å². The van der Waals surface area contributed by atoms with Crippen LogP contribution in [-0.4, -0.2) is 11.3 Å². The molecule has 20 heavy (non-hydrogen) atoms. The first-order valence-electron chi connectivity index (χ1n) is 6.89. The van der Waals surface area contributed by atoms with E-state index in [2.05, 4.69) is 4.98 Å². The normalized spacial score (nSPS) is 33.1. The minimum atomic E-state index is -4.34. The second kappa shape index (κ2) is 4.30. The Labute approximate surface area is 115 Å². The fourth-order valence-corrected chi connectivity index (χ4v) is 3.65. The maximum absolute atomic E-state index is 12.6. The molecule has 3 aliphatic carbocycles. The molecular formula is C15H16F3NO. The van der Waals surface area contributed by atoms with E-state index in [1.807, 2.05) is 0 Å². The van der Waals surface area contributed by atoms with Crippen molar-refractivity contribution in [2.24, 2.45) is 5.41 Å². The zero-order valence-corrected chi connectivity index (χ0v) is 11.0. The van der Waals surface area contributed by atoms with E-state index in [1.54, 1.807) is 0 Å². The van der Waals surface area contributed by atoms with E-state index in [1.165, 1.54) is 6.07 Å². The number of aldehydes is 1. The van der Waals surface area contributed by atoms with E-state index in [0.717, 1.165) is 62.8 Å². The second-order valence-corrected chi connectivity index (χ2v) is 6.19. The molecular weight excluding hydrogens is 267 g/mol. The van der Waals surface area contributed by atoms with Crippen LogP contribution in [0.3, 0.4) is 0 Å². The Kier molecular flexibility index (Phi) is 2.92. The minimum Gasteiger partial charge on any atom is -0.303 e. The molecule has 0 aliphatic heterocycles. The van der Waals surface area contributed by atoms with Crippen molar-refractivity contribution in [1.82, 2.24) is 4.98 Å². The molecule has 0 unspecified atom stereocenters. The van der Waals surface area contributed by atoms with Crippen LogP contribution in [0.25, 0.3) is 0 Å². The predicted molar refractivity (Wildman–Crippen MR) is 67.1 cm³/mol. The Hall–Kier alpha value is -1.39. The molecule has 0 spiro atoms. The number of carbonyl (C=O) groups excluding carboxylic acids is 1. The molecule has 0 atom stereocenters. The SMILES string of the molecule is O=CC12CCC(c3ccc(C(F)(F)F)cn3)(CC1)CC2. The van der Waals surface area contributed by atoms with Gasteiger partial charge in [0.1, 0.15) is 6.29 Å². The predicted octanol–water partition coefficient (Wildman–Crippen LogP) is 3.89. The van der Waals surface area contributed by atoms with Gasteiger partial charge in [0.25, 0.3) is 0 Å². The van der Waals surface area contributed by atoms with Gasteiger partial charge in [0, 0.05) is 22.7 Å². The van der Waals surface area contributed by atoms with Gasteiger partial charge in [-0.2, -0.15) is 13.2 Å². The molecule has 0 amide bonds. The Balaban J connectivity index is 1.86. The summed E-state index contributed by atoms with van der Waals surface area (Å²) in [6, 6.07) is 2.63. The summed E-state index contributed by atoms with van der Waals surface area (Å²) < 4.78 is 37.7. The highest BCUT2D eigenvalue weighted by atomic mass is 19.4. The third-order valence-electron chi connectivity index (χ3n) is 5.19. The topological polar surface area (TPSA) is 30.0 Å². The van der Waals surface area contributed by atoms with Crippen molar-refractivity contribution in [3.8, 4) is 0 Å². The summed E-state index contributed by atoms with van der Waals surface area (Å²) in [5.74, 6) is 0. The van der Waals surface area contributed by atoms with E-state index >= 15 is 0 Å². The highest BCUT2D eigenvalue weighted by Gasteiger charge is 2.50. The van der Waals surface area contributed by atoms with Crippen molar-refractivity contribution in [3.63, 3.8) is 0 Å². The van der Waals surface area contributed by atoms with Gasteiger partial charge in [-0.05, 0) is 50.7 Å².